The van der Waals surface area contributed by atoms with Crippen LogP contribution in [0.1, 0.15) is 29.7 Å². The van der Waals surface area contributed by atoms with Crippen LogP contribution >= 0.6 is 11.6 Å². The second-order valence-electron chi connectivity index (χ2n) is 5.79. The van der Waals surface area contributed by atoms with Gasteiger partial charge in [0.15, 0.2) is 0 Å². The molecule has 3 rings (SSSR count). The highest BCUT2D eigenvalue weighted by atomic mass is 35.5. The van der Waals surface area contributed by atoms with Gasteiger partial charge in [-0.1, -0.05) is 29.8 Å². The Labute approximate surface area is 130 Å². The summed E-state index contributed by atoms with van der Waals surface area (Å²) >= 11 is 6.22. The Bertz CT molecular complexity index is 592. The lowest BCUT2D eigenvalue weighted by Crippen LogP contribution is -2.20. The van der Waals surface area contributed by atoms with E-state index in [2.05, 4.69) is 29.4 Å². The minimum Gasteiger partial charge on any atom is -0.468 e. The molecule has 0 radical (unpaired) electrons. The molecule has 0 atom stereocenters. The highest BCUT2D eigenvalue weighted by Gasteiger charge is 2.21. The van der Waals surface area contributed by atoms with E-state index >= 15 is 0 Å². The summed E-state index contributed by atoms with van der Waals surface area (Å²) < 4.78 is 5.60. The summed E-state index contributed by atoms with van der Waals surface area (Å²) in [6.45, 7) is 2.52. The van der Waals surface area contributed by atoms with Crippen LogP contribution in [-0.2, 0) is 19.6 Å². The molecule has 0 unspecified atom stereocenters. The first-order valence-electron chi connectivity index (χ1n) is 7.43. The van der Waals surface area contributed by atoms with Crippen LogP contribution < -0.4 is 5.32 Å². The minimum atomic E-state index is 0.698. The van der Waals surface area contributed by atoms with Crippen molar-refractivity contribution in [3.63, 3.8) is 0 Å². The number of hydrogen-bond acceptors (Lipinski definition) is 3. The van der Waals surface area contributed by atoms with Gasteiger partial charge in [0.2, 0.25) is 0 Å². The molecular weight excluding hydrogens is 284 g/mol. The monoisotopic (exact) mass is 304 g/mol. The van der Waals surface area contributed by atoms with Crippen molar-refractivity contribution < 1.29 is 4.42 Å². The van der Waals surface area contributed by atoms with E-state index in [9.17, 15) is 0 Å². The molecule has 0 amide bonds. The lowest BCUT2D eigenvalue weighted by molar-refractivity contribution is 0.314. The third-order valence-electron chi connectivity index (χ3n) is 3.80. The molecule has 0 aliphatic heterocycles. The van der Waals surface area contributed by atoms with Crippen molar-refractivity contribution in [3.05, 3.63) is 58.5 Å². The first-order chi connectivity index (χ1) is 10.2. The van der Waals surface area contributed by atoms with Crippen molar-refractivity contribution in [1.82, 2.24) is 10.2 Å². The SMILES string of the molecule is CN(Cc1ccccc1Cl)Cc1ccoc1CNC1CC1. The molecule has 1 aromatic heterocycles. The zero-order valence-electron chi connectivity index (χ0n) is 12.3. The summed E-state index contributed by atoms with van der Waals surface area (Å²) in [5.41, 5.74) is 2.40. The first kappa shape index (κ1) is 14.6. The smallest absolute Gasteiger partial charge is 0.122 e. The summed E-state index contributed by atoms with van der Waals surface area (Å²) in [5, 5.41) is 4.32. The molecule has 112 valence electrons. The lowest BCUT2D eigenvalue weighted by atomic mass is 10.2. The maximum atomic E-state index is 6.22. The molecule has 1 aliphatic rings. The largest absolute Gasteiger partial charge is 0.468 e. The van der Waals surface area contributed by atoms with Gasteiger partial charge in [-0.2, -0.15) is 0 Å². The van der Waals surface area contributed by atoms with E-state index in [-0.39, 0.29) is 0 Å². The van der Waals surface area contributed by atoms with Crippen molar-refractivity contribution in [2.75, 3.05) is 7.05 Å². The zero-order valence-corrected chi connectivity index (χ0v) is 13.1. The molecule has 0 saturated heterocycles. The number of furan rings is 1. The molecule has 3 nitrogen and oxygen atoms in total. The van der Waals surface area contributed by atoms with Gasteiger partial charge in [0.05, 0.1) is 12.8 Å². The van der Waals surface area contributed by atoms with E-state index in [1.165, 1.54) is 18.4 Å². The van der Waals surface area contributed by atoms with Gasteiger partial charge in [0.1, 0.15) is 5.76 Å². The number of halogens is 1. The van der Waals surface area contributed by atoms with E-state index in [0.29, 0.717) is 6.04 Å². The molecule has 1 N–H and O–H groups in total. The lowest BCUT2D eigenvalue weighted by Gasteiger charge is -2.17. The first-order valence-corrected chi connectivity index (χ1v) is 7.81. The van der Waals surface area contributed by atoms with Crippen LogP contribution in [-0.4, -0.2) is 18.0 Å². The molecule has 4 heteroatoms. The quantitative estimate of drug-likeness (QED) is 0.843. The van der Waals surface area contributed by atoms with Crippen molar-refractivity contribution in [2.45, 2.75) is 38.5 Å². The van der Waals surface area contributed by atoms with E-state index in [1.54, 1.807) is 6.26 Å². The zero-order chi connectivity index (χ0) is 14.7. The number of benzene rings is 1. The molecule has 2 aromatic rings. The molecule has 0 bridgehead atoms. The molecule has 1 aliphatic carbocycles. The highest BCUT2D eigenvalue weighted by molar-refractivity contribution is 6.31. The molecule has 0 spiro atoms. The average Bonchev–Trinajstić information content (AvgIpc) is 3.20. The van der Waals surface area contributed by atoms with Crippen molar-refractivity contribution in [1.29, 1.82) is 0 Å². The summed E-state index contributed by atoms with van der Waals surface area (Å²) in [7, 11) is 2.11. The van der Waals surface area contributed by atoms with Gasteiger partial charge in [-0.3, -0.25) is 4.90 Å². The second kappa shape index (κ2) is 6.65. The summed E-state index contributed by atoms with van der Waals surface area (Å²) in [6.07, 6.45) is 4.37. The van der Waals surface area contributed by atoms with Crippen molar-refractivity contribution in [2.24, 2.45) is 0 Å². The molecule has 1 heterocycles. The predicted molar refractivity (Wildman–Crippen MR) is 85.2 cm³/mol. The van der Waals surface area contributed by atoms with E-state index in [0.717, 1.165) is 36.0 Å². The summed E-state index contributed by atoms with van der Waals surface area (Å²) in [6, 6.07) is 10.8. The molecular formula is C17H21ClN2O. The Morgan fingerprint density at radius 1 is 1.19 bits per heavy atom. The Hall–Kier alpha value is -1.29. The Balaban J connectivity index is 1.58. The standard InChI is InChI=1S/C17H21ClN2O/c1-20(11-13-4-2-3-5-16(13)18)12-14-8-9-21-17(14)10-19-15-6-7-15/h2-5,8-9,15,19H,6-7,10-12H2,1H3. The van der Waals surface area contributed by atoms with Crippen LogP contribution in [0, 0.1) is 0 Å². The predicted octanol–water partition coefficient (Wildman–Crippen LogP) is 3.82. The maximum Gasteiger partial charge on any atom is 0.122 e. The molecule has 1 fully saturated rings. The van der Waals surface area contributed by atoms with Gasteiger partial charge < -0.3 is 9.73 Å². The van der Waals surface area contributed by atoms with Crippen LogP contribution in [0.5, 0.6) is 0 Å². The summed E-state index contributed by atoms with van der Waals surface area (Å²) in [4.78, 5) is 2.26. The van der Waals surface area contributed by atoms with E-state index in [1.807, 2.05) is 18.2 Å². The fourth-order valence-electron chi connectivity index (χ4n) is 2.45. The van der Waals surface area contributed by atoms with Gasteiger partial charge >= 0.3 is 0 Å². The van der Waals surface area contributed by atoms with E-state index in [4.69, 9.17) is 16.0 Å². The van der Waals surface area contributed by atoms with Crippen LogP contribution in [0.4, 0.5) is 0 Å². The second-order valence-corrected chi connectivity index (χ2v) is 6.20. The van der Waals surface area contributed by atoms with Crippen LogP contribution in [0.3, 0.4) is 0 Å². The number of rotatable bonds is 7. The van der Waals surface area contributed by atoms with Crippen LogP contribution in [0.2, 0.25) is 5.02 Å². The third-order valence-corrected chi connectivity index (χ3v) is 4.17. The number of nitrogens with zero attached hydrogens (tertiary/aromatic N) is 1. The average molecular weight is 305 g/mol. The van der Waals surface area contributed by atoms with Crippen molar-refractivity contribution in [3.8, 4) is 0 Å². The number of nitrogens with one attached hydrogen (secondary N) is 1. The highest BCUT2D eigenvalue weighted by Crippen LogP contribution is 2.21. The molecule has 1 saturated carbocycles. The van der Waals surface area contributed by atoms with Gasteiger partial charge in [-0.25, -0.2) is 0 Å². The van der Waals surface area contributed by atoms with Gasteiger partial charge in [-0.15, -0.1) is 0 Å². The summed E-state index contributed by atoms with van der Waals surface area (Å²) in [5.74, 6) is 1.05. The van der Waals surface area contributed by atoms with E-state index < -0.39 is 0 Å². The maximum absolute atomic E-state index is 6.22. The van der Waals surface area contributed by atoms with Gasteiger partial charge in [0.25, 0.3) is 0 Å². The van der Waals surface area contributed by atoms with Gasteiger partial charge in [0, 0.05) is 29.7 Å². The minimum absolute atomic E-state index is 0.698. The molecule has 21 heavy (non-hydrogen) atoms. The number of hydrogen-bond donors (Lipinski definition) is 1. The fourth-order valence-corrected chi connectivity index (χ4v) is 2.65. The Morgan fingerprint density at radius 3 is 2.71 bits per heavy atom. The topological polar surface area (TPSA) is 28.4 Å². The fraction of sp³-hybridized carbons (Fsp3) is 0.412. The Morgan fingerprint density at radius 2 is 1.95 bits per heavy atom. The molecule has 1 aromatic carbocycles. The normalized spacial score (nSPS) is 14.8. The van der Waals surface area contributed by atoms with Crippen LogP contribution in [0.25, 0.3) is 0 Å². The third kappa shape index (κ3) is 4.10. The Kier molecular flexibility index (Phi) is 4.63. The van der Waals surface area contributed by atoms with Crippen molar-refractivity contribution >= 4 is 11.6 Å². The van der Waals surface area contributed by atoms with Crippen LogP contribution in [0.15, 0.2) is 41.0 Å². The van der Waals surface area contributed by atoms with Gasteiger partial charge in [-0.05, 0) is 37.6 Å².